The third-order valence-corrected chi connectivity index (χ3v) is 2.95. The van der Waals surface area contributed by atoms with Crippen molar-refractivity contribution in [3.63, 3.8) is 0 Å². The van der Waals surface area contributed by atoms with Crippen LogP contribution >= 0.6 is 0 Å². The summed E-state index contributed by atoms with van der Waals surface area (Å²) in [6, 6.07) is 18.3. The molecule has 1 radical (unpaired) electrons. The molecule has 0 aliphatic heterocycles. The Balaban J connectivity index is 2.49. The van der Waals surface area contributed by atoms with Gasteiger partial charge in [-0.1, -0.05) is 56.3 Å². The lowest BCUT2D eigenvalue weighted by atomic mass is 9.96. The molecule has 0 aromatic heterocycles. The molecule has 0 atom stereocenters. The van der Waals surface area contributed by atoms with Gasteiger partial charge in [-0.15, -0.1) is 0 Å². The highest BCUT2D eigenvalue weighted by Gasteiger charge is 2.02. The lowest BCUT2D eigenvalue weighted by molar-refractivity contribution is 1.13. The number of aryl methyl sites for hydroxylation is 2. The monoisotopic (exact) mass is 209 g/mol. The number of hydrogen-bond donors (Lipinski definition) is 0. The van der Waals surface area contributed by atoms with E-state index < -0.39 is 0 Å². The van der Waals surface area contributed by atoms with Gasteiger partial charge in [0.1, 0.15) is 0 Å². The zero-order valence-corrected chi connectivity index (χ0v) is 9.96. The van der Waals surface area contributed by atoms with E-state index >= 15 is 0 Å². The smallest absolute Gasteiger partial charge is 0.0149 e. The fourth-order valence-corrected chi connectivity index (χ4v) is 2.00. The molecule has 0 N–H and O–H groups in total. The maximum absolute atomic E-state index is 3.27. The summed E-state index contributed by atoms with van der Waals surface area (Å²) in [5.41, 5.74) is 5.36. The van der Waals surface area contributed by atoms with Gasteiger partial charge in [0.05, 0.1) is 0 Å². The lowest BCUT2D eigenvalue weighted by Crippen LogP contribution is -1.88. The normalized spacial score (nSPS) is 10.4. The molecule has 0 nitrogen and oxygen atoms in total. The summed E-state index contributed by atoms with van der Waals surface area (Å²) >= 11 is 0. The second-order valence-corrected chi connectivity index (χ2v) is 3.97. The van der Waals surface area contributed by atoms with Gasteiger partial charge in [-0.05, 0) is 41.2 Å². The molecule has 2 rings (SSSR count). The summed E-state index contributed by atoms with van der Waals surface area (Å²) in [4.78, 5) is 0. The summed E-state index contributed by atoms with van der Waals surface area (Å²) in [7, 11) is 0. The van der Waals surface area contributed by atoms with Crippen molar-refractivity contribution in [2.75, 3.05) is 0 Å². The van der Waals surface area contributed by atoms with Crippen LogP contribution in [0, 0.1) is 6.07 Å². The van der Waals surface area contributed by atoms with E-state index in [1.54, 1.807) is 0 Å². The second kappa shape index (κ2) is 4.98. The summed E-state index contributed by atoms with van der Waals surface area (Å²) < 4.78 is 0. The lowest BCUT2D eigenvalue weighted by Gasteiger charge is -2.08. The van der Waals surface area contributed by atoms with Crippen molar-refractivity contribution in [3.8, 4) is 11.1 Å². The van der Waals surface area contributed by atoms with Crippen LogP contribution in [0.1, 0.15) is 25.0 Å². The van der Waals surface area contributed by atoms with Gasteiger partial charge >= 0.3 is 0 Å². The molecule has 16 heavy (non-hydrogen) atoms. The van der Waals surface area contributed by atoms with Gasteiger partial charge in [0.15, 0.2) is 0 Å². The molecule has 0 saturated heterocycles. The van der Waals surface area contributed by atoms with E-state index in [0.29, 0.717) is 0 Å². The van der Waals surface area contributed by atoms with Gasteiger partial charge in [-0.25, -0.2) is 0 Å². The Bertz CT molecular complexity index is 469. The molecular formula is C16H17. The van der Waals surface area contributed by atoms with Crippen LogP contribution in [-0.2, 0) is 12.8 Å². The highest BCUT2D eigenvalue weighted by molar-refractivity contribution is 5.67. The van der Waals surface area contributed by atoms with Gasteiger partial charge in [-0.2, -0.15) is 0 Å². The minimum atomic E-state index is 1.04. The van der Waals surface area contributed by atoms with Crippen molar-refractivity contribution in [1.82, 2.24) is 0 Å². The Kier molecular flexibility index (Phi) is 3.40. The van der Waals surface area contributed by atoms with Crippen molar-refractivity contribution >= 4 is 0 Å². The van der Waals surface area contributed by atoms with E-state index in [4.69, 9.17) is 0 Å². The molecule has 2 aromatic carbocycles. The molecule has 81 valence electrons. The Morgan fingerprint density at radius 3 is 2.56 bits per heavy atom. The van der Waals surface area contributed by atoms with Crippen LogP contribution in [0.3, 0.4) is 0 Å². The molecule has 0 fully saturated rings. The number of benzene rings is 2. The third kappa shape index (κ3) is 2.16. The minimum absolute atomic E-state index is 1.04. The zero-order valence-electron chi connectivity index (χ0n) is 9.96. The van der Waals surface area contributed by atoms with Gasteiger partial charge in [0.25, 0.3) is 0 Å². The van der Waals surface area contributed by atoms with Crippen LogP contribution in [0.5, 0.6) is 0 Å². The van der Waals surface area contributed by atoms with E-state index in [-0.39, 0.29) is 0 Å². The second-order valence-electron chi connectivity index (χ2n) is 3.97. The van der Waals surface area contributed by atoms with E-state index in [9.17, 15) is 0 Å². The molecule has 0 aliphatic carbocycles. The van der Waals surface area contributed by atoms with Crippen LogP contribution in [0.15, 0.2) is 42.5 Å². The van der Waals surface area contributed by atoms with Crippen molar-refractivity contribution < 1.29 is 0 Å². The topological polar surface area (TPSA) is 0 Å². The molecule has 0 bridgehead atoms. The van der Waals surface area contributed by atoms with Crippen LogP contribution in [0.25, 0.3) is 11.1 Å². The van der Waals surface area contributed by atoms with Crippen molar-refractivity contribution in [2.24, 2.45) is 0 Å². The molecule has 0 saturated carbocycles. The molecule has 0 amide bonds. The van der Waals surface area contributed by atoms with Gasteiger partial charge in [0.2, 0.25) is 0 Å². The van der Waals surface area contributed by atoms with Crippen molar-refractivity contribution in [3.05, 3.63) is 59.7 Å². The van der Waals surface area contributed by atoms with E-state index in [0.717, 1.165) is 12.8 Å². The fourth-order valence-electron chi connectivity index (χ4n) is 2.00. The predicted octanol–water partition coefficient (Wildman–Crippen LogP) is 4.28. The highest BCUT2D eigenvalue weighted by atomic mass is 14.1. The fraction of sp³-hybridized carbons (Fsp3) is 0.250. The summed E-state index contributed by atoms with van der Waals surface area (Å²) in [6.45, 7) is 4.37. The van der Waals surface area contributed by atoms with Crippen LogP contribution in [-0.4, -0.2) is 0 Å². The molecule has 2 aromatic rings. The Morgan fingerprint density at radius 2 is 1.81 bits per heavy atom. The Morgan fingerprint density at radius 1 is 1.00 bits per heavy atom. The molecular weight excluding hydrogens is 192 g/mol. The largest absolute Gasteiger partial charge is 0.0620 e. The number of rotatable bonds is 3. The van der Waals surface area contributed by atoms with Crippen LogP contribution in [0.4, 0.5) is 0 Å². The predicted molar refractivity (Wildman–Crippen MR) is 69.5 cm³/mol. The molecule has 0 aliphatic rings. The van der Waals surface area contributed by atoms with Crippen LogP contribution < -0.4 is 0 Å². The maximum atomic E-state index is 3.27. The minimum Gasteiger partial charge on any atom is -0.0620 e. The molecule has 0 spiro atoms. The summed E-state index contributed by atoms with van der Waals surface area (Å²) in [5, 5.41) is 0. The zero-order chi connectivity index (χ0) is 11.4. The standard InChI is InChI=1S/C16H17/c1-3-13-8-7-10-15(12-13)16-11-6-5-9-14(16)4-2/h5-7,9-12H,3-4H2,1-2H3. The first-order valence-electron chi connectivity index (χ1n) is 5.94. The van der Waals surface area contributed by atoms with Gasteiger partial charge in [-0.3, -0.25) is 0 Å². The van der Waals surface area contributed by atoms with E-state index in [2.05, 4.69) is 56.3 Å². The van der Waals surface area contributed by atoms with Gasteiger partial charge in [0, 0.05) is 0 Å². The summed E-state index contributed by atoms with van der Waals surface area (Å²) in [6.07, 6.45) is 2.12. The molecule has 0 heteroatoms. The molecule has 0 heterocycles. The SMILES string of the molecule is CCc1[c]ccc(-c2ccccc2CC)c1. The van der Waals surface area contributed by atoms with E-state index in [1.807, 2.05) is 6.07 Å². The first-order valence-corrected chi connectivity index (χ1v) is 5.94. The van der Waals surface area contributed by atoms with Crippen LogP contribution in [0.2, 0.25) is 0 Å². The average Bonchev–Trinajstić information content (AvgIpc) is 2.38. The quantitative estimate of drug-likeness (QED) is 0.707. The van der Waals surface area contributed by atoms with E-state index in [1.165, 1.54) is 22.3 Å². The Labute approximate surface area is 97.9 Å². The highest BCUT2D eigenvalue weighted by Crippen LogP contribution is 2.24. The Hall–Kier alpha value is -1.56. The van der Waals surface area contributed by atoms with Crippen molar-refractivity contribution in [2.45, 2.75) is 26.7 Å². The van der Waals surface area contributed by atoms with Crippen molar-refractivity contribution in [1.29, 1.82) is 0 Å². The third-order valence-electron chi connectivity index (χ3n) is 2.95. The first-order chi connectivity index (χ1) is 7.85. The van der Waals surface area contributed by atoms with Gasteiger partial charge < -0.3 is 0 Å². The first kappa shape index (κ1) is 10.9. The summed E-state index contributed by atoms with van der Waals surface area (Å²) in [5.74, 6) is 0. The average molecular weight is 209 g/mol. The molecule has 0 unspecified atom stereocenters. The maximum Gasteiger partial charge on any atom is -0.0149 e. The number of hydrogen-bond acceptors (Lipinski definition) is 0.